The molecule has 1 nitrogen and oxygen atoms in total. The molecule has 0 aliphatic rings. The van der Waals surface area contributed by atoms with Gasteiger partial charge in [-0.2, -0.15) is 0 Å². The van der Waals surface area contributed by atoms with E-state index in [0.29, 0.717) is 16.3 Å². The molecule has 0 saturated heterocycles. The van der Waals surface area contributed by atoms with Crippen LogP contribution in [0.25, 0.3) is 0 Å². The Balaban J connectivity index is 2.03. The molecule has 0 fully saturated rings. The maximum Gasteiger partial charge on any atom is 0.129 e. The summed E-state index contributed by atoms with van der Waals surface area (Å²) in [6, 6.07) is 12.2. The average Bonchev–Trinajstić information content (AvgIpc) is 2.36. The first kappa shape index (κ1) is 14.9. The fourth-order valence-electron chi connectivity index (χ4n) is 1.63. The van der Waals surface area contributed by atoms with Gasteiger partial charge in [-0.1, -0.05) is 39.7 Å². The summed E-state index contributed by atoms with van der Waals surface area (Å²) in [5.74, 6) is 0.254. The fraction of sp³-hybridized carbons (Fsp3) is 0.143. The van der Waals surface area contributed by atoms with Crippen LogP contribution in [-0.4, -0.2) is 5.75 Å². The Morgan fingerprint density at radius 3 is 2.74 bits per heavy atom. The minimum Gasteiger partial charge on any atom is -0.323 e. The molecule has 1 atom stereocenters. The SMILES string of the molecule is NC(CSc1cccc(Br)c1)c1ccc(Cl)cc1F. The van der Waals surface area contributed by atoms with Crippen molar-refractivity contribution >= 4 is 39.3 Å². The van der Waals surface area contributed by atoms with Crippen molar-refractivity contribution in [1.29, 1.82) is 0 Å². The largest absolute Gasteiger partial charge is 0.323 e. The van der Waals surface area contributed by atoms with Crippen LogP contribution in [0, 0.1) is 5.82 Å². The van der Waals surface area contributed by atoms with Crippen LogP contribution in [0.5, 0.6) is 0 Å². The number of hydrogen-bond donors (Lipinski definition) is 1. The number of hydrogen-bond acceptors (Lipinski definition) is 2. The van der Waals surface area contributed by atoms with Gasteiger partial charge in [-0.05, 0) is 30.3 Å². The molecule has 100 valence electrons. The quantitative estimate of drug-likeness (QED) is 0.774. The summed E-state index contributed by atoms with van der Waals surface area (Å²) in [6.07, 6.45) is 0. The standard InChI is InChI=1S/C14H12BrClFNS/c15-9-2-1-3-11(6-9)19-8-14(18)12-5-4-10(16)7-13(12)17/h1-7,14H,8,18H2. The van der Waals surface area contributed by atoms with E-state index in [0.717, 1.165) is 9.37 Å². The van der Waals surface area contributed by atoms with E-state index in [9.17, 15) is 4.39 Å². The van der Waals surface area contributed by atoms with Gasteiger partial charge in [-0.15, -0.1) is 11.8 Å². The highest BCUT2D eigenvalue weighted by Gasteiger charge is 2.12. The summed E-state index contributed by atoms with van der Waals surface area (Å²) in [7, 11) is 0. The van der Waals surface area contributed by atoms with E-state index in [2.05, 4.69) is 15.9 Å². The molecule has 5 heteroatoms. The second-order valence-corrected chi connectivity index (χ2v) is 6.49. The molecule has 0 aromatic heterocycles. The molecule has 0 saturated carbocycles. The van der Waals surface area contributed by atoms with Gasteiger partial charge >= 0.3 is 0 Å². The maximum absolute atomic E-state index is 13.7. The van der Waals surface area contributed by atoms with Gasteiger partial charge in [0.1, 0.15) is 5.82 Å². The smallest absolute Gasteiger partial charge is 0.129 e. The summed E-state index contributed by atoms with van der Waals surface area (Å²) < 4.78 is 14.7. The molecule has 2 N–H and O–H groups in total. The van der Waals surface area contributed by atoms with Crippen LogP contribution >= 0.6 is 39.3 Å². The molecular formula is C14H12BrClFNS. The van der Waals surface area contributed by atoms with Crippen LogP contribution in [0.15, 0.2) is 51.8 Å². The first-order valence-electron chi connectivity index (χ1n) is 5.65. The van der Waals surface area contributed by atoms with E-state index in [1.54, 1.807) is 23.9 Å². The minimum atomic E-state index is -0.360. The number of halogens is 3. The molecule has 0 spiro atoms. The molecule has 0 radical (unpaired) electrons. The first-order valence-corrected chi connectivity index (χ1v) is 7.81. The van der Waals surface area contributed by atoms with Gasteiger partial charge in [0.05, 0.1) is 0 Å². The Morgan fingerprint density at radius 1 is 1.26 bits per heavy atom. The van der Waals surface area contributed by atoms with E-state index < -0.39 is 0 Å². The van der Waals surface area contributed by atoms with Crippen LogP contribution in [0.1, 0.15) is 11.6 Å². The number of nitrogens with two attached hydrogens (primary N) is 1. The van der Waals surface area contributed by atoms with Crippen molar-refractivity contribution < 1.29 is 4.39 Å². The molecule has 2 aromatic carbocycles. The van der Waals surface area contributed by atoms with Gasteiger partial charge in [0, 0.05) is 31.7 Å². The van der Waals surface area contributed by atoms with Crippen molar-refractivity contribution in [2.24, 2.45) is 5.73 Å². The topological polar surface area (TPSA) is 26.0 Å². The second-order valence-electron chi connectivity index (χ2n) is 4.04. The van der Waals surface area contributed by atoms with Crippen molar-refractivity contribution in [1.82, 2.24) is 0 Å². The Hall–Kier alpha value is -0.550. The second kappa shape index (κ2) is 6.75. The summed E-state index contributed by atoms with van der Waals surface area (Å²) in [6.45, 7) is 0. The summed E-state index contributed by atoms with van der Waals surface area (Å²) in [5, 5.41) is 0.382. The summed E-state index contributed by atoms with van der Waals surface area (Å²) >= 11 is 10.7. The highest BCUT2D eigenvalue weighted by molar-refractivity contribution is 9.10. The lowest BCUT2D eigenvalue weighted by molar-refractivity contribution is 0.595. The van der Waals surface area contributed by atoms with Crippen LogP contribution in [0.3, 0.4) is 0 Å². The summed E-state index contributed by atoms with van der Waals surface area (Å²) in [5.41, 5.74) is 6.51. The number of thioether (sulfide) groups is 1. The van der Waals surface area contributed by atoms with Crippen LogP contribution in [-0.2, 0) is 0 Å². The van der Waals surface area contributed by atoms with Crippen molar-refractivity contribution in [2.75, 3.05) is 5.75 Å². The summed E-state index contributed by atoms with van der Waals surface area (Å²) in [4.78, 5) is 1.10. The molecule has 0 aliphatic heterocycles. The Bertz CT molecular complexity index is 579. The lowest BCUT2D eigenvalue weighted by atomic mass is 10.1. The third-order valence-corrected chi connectivity index (χ3v) is 4.43. The van der Waals surface area contributed by atoms with Gasteiger partial charge in [-0.3, -0.25) is 0 Å². The Labute approximate surface area is 129 Å². The van der Waals surface area contributed by atoms with E-state index in [4.69, 9.17) is 17.3 Å². The van der Waals surface area contributed by atoms with Gasteiger partial charge in [0.25, 0.3) is 0 Å². The molecule has 2 rings (SSSR count). The molecule has 0 heterocycles. The predicted molar refractivity (Wildman–Crippen MR) is 83.2 cm³/mol. The van der Waals surface area contributed by atoms with E-state index >= 15 is 0 Å². The fourth-order valence-corrected chi connectivity index (χ4v) is 3.28. The average molecular weight is 361 g/mol. The lowest BCUT2D eigenvalue weighted by Gasteiger charge is -2.13. The maximum atomic E-state index is 13.7. The lowest BCUT2D eigenvalue weighted by Crippen LogP contribution is -2.14. The molecular weight excluding hydrogens is 349 g/mol. The van der Waals surface area contributed by atoms with Crippen LogP contribution in [0.4, 0.5) is 4.39 Å². The third kappa shape index (κ3) is 4.21. The Kier molecular flexibility index (Phi) is 5.28. The molecule has 19 heavy (non-hydrogen) atoms. The zero-order valence-corrected chi connectivity index (χ0v) is 13.1. The third-order valence-electron chi connectivity index (χ3n) is 2.59. The van der Waals surface area contributed by atoms with Gasteiger partial charge < -0.3 is 5.73 Å². The first-order chi connectivity index (χ1) is 9.06. The molecule has 0 amide bonds. The van der Waals surface area contributed by atoms with Crippen molar-refractivity contribution in [2.45, 2.75) is 10.9 Å². The van der Waals surface area contributed by atoms with E-state index in [1.807, 2.05) is 24.3 Å². The van der Waals surface area contributed by atoms with Crippen molar-refractivity contribution in [3.05, 3.63) is 63.3 Å². The van der Waals surface area contributed by atoms with Crippen LogP contribution in [0.2, 0.25) is 5.02 Å². The number of benzene rings is 2. The normalized spacial score (nSPS) is 12.4. The molecule has 0 bridgehead atoms. The van der Waals surface area contributed by atoms with Gasteiger partial charge in [0.2, 0.25) is 0 Å². The highest BCUT2D eigenvalue weighted by Crippen LogP contribution is 2.27. The van der Waals surface area contributed by atoms with Crippen molar-refractivity contribution in [3.8, 4) is 0 Å². The minimum absolute atomic E-state index is 0.352. The van der Waals surface area contributed by atoms with Crippen LogP contribution < -0.4 is 5.73 Å². The highest BCUT2D eigenvalue weighted by atomic mass is 79.9. The van der Waals surface area contributed by atoms with Gasteiger partial charge in [-0.25, -0.2) is 4.39 Å². The van der Waals surface area contributed by atoms with Crippen molar-refractivity contribution in [3.63, 3.8) is 0 Å². The number of rotatable bonds is 4. The predicted octanol–water partition coefficient (Wildman–Crippen LogP) is 5.03. The molecule has 2 aromatic rings. The van der Waals surface area contributed by atoms with E-state index in [-0.39, 0.29) is 11.9 Å². The zero-order valence-electron chi connectivity index (χ0n) is 9.95. The zero-order chi connectivity index (χ0) is 13.8. The monoisotopic (exact) mass is 359 g/mol. The van der Waals surface area contributed by atoms with Gasteiger partial charge in [0.15, 0.2) is 0 Å². The molecule has 1 unspecified atom stereocenters. The molecule has 0 aliphatic carbocycles. The Morgan fingerprint density at radius 2 is 2.05 bits per heavy atom. The van der Waals surface area contributed by atoms with E-state index in [1.165, 1.54) is 6.07 Å².